The number of hydrogen-bond acceptors (Lipinski definition) is 6. The molecule has 1 N–H and O–H groups in total. The lowest BCUT2D eigenvalue weighted by molar-refractivity contribution is -0.153. The number of ether oxygens (including phenoxy) is 1. The smallest absolute Gasteiger partial charge is 0.422 e. The minimum absolute atomic E-state index is 0.0614. The summed E-state index contributed by atoms with van der Waals surface area (Å²) in [5.74, 6) is -1.12. The van der Waals surface area contributed by atoms with Crippen LogP contribution in [0.2, 0.25) is 0 Å². The molecule has 0 spiro atoms. The fraction of sp³-hybridized carbons (Fsp3) is 0.318. The van der Waals surface area contributed by atoms with Crippen molar-refractivity contribution in [3.63, 3.8) is 0 Å². The number of nitrogens with zero attached hydrogens (tertiary/aromatic N) is 3. The Labute approximate surface area is 194 Å². The Morgan fingerprint density at radius 3 is 2.29 bits per heavy atom. The Balaban J connectivity index is 1.60. The number of nitrogens with one attached hydrogen (secondary N) is 1. The van der Waals surface area contributed by atoms with Gasteiger partial charge in [-0.05, 0) is 55.3 Å². The molecule has 178 valence electrons. The molecule has 0 aliphatic carbocycles. The quantitative estimate of drug-likeness (QED) is 0.659. The maximum absolute atomic E-state index is 12.8. The number of piperidine rings is 1. The molecule has 12 heteroatoms. The molecule has 0 atom stereocenters. The fourth-order valence-corrected chi connectivity index (χ4v) is 4.90. The van der Waals surface area contributed by atoms with Crippen molar-refractivity contribution in [1.82, 2.24) is 4.31 Å². The van der Waals surface area contributed by atoms with Crippen LogP contribution in [0.1, 0.15) is 24.0 Å². The third-order valence-electron chi connectivity index (χ3n) is 5.20. The number of halogens is 3. The second kappa shape index (κ2) is 10.1. The maximum atomic E-state index is 12.8. The van der Waals surface area contributed by atoms with Crippen LogP contribution in [-0.2, 0) is 14.8 Å². The van der Waals surface area contributed by atoms with Crippen LogP contribution in [0, 0.1) is 28.6 Å². The first-order chi connectivity index (χ1) is 16.0. The summed E-state index contributed by atoms with van der Waals surface area (Å²) in [6, 6.07) is 12.9. The van der Waals surface area contributed by atoms with Crippen LogP contribution >= 0.6 is 0 Å². The minimum atomic E-state index is -4.55. The van der Waals surface area contributed by atoms with Crippen molar-refractivity contribution in [3.05, 3.63) is 53.6 Å². The van der Waals surface area contributed by atoms with Gasteiger partial charge in [-0.1, -0.05) is 0 Å². The SMILES string of the molecule is N#Cc1ccc(S(=O)(=O)N2CCC(C(=O)Nc3ccc(OCC(F)(F)F)c(C#N)c3)CC2)cc1. The van der Waals surface area contributed by atoms with Crippen molar-refractivity contribution in [2.75, 3.05) is 25.0 Å². The largest absolute Gasteiger partial charge is 0.483 e. The summed E-state index contributed by atoms with van der Waals surface area (Å²) >= 11 is 0. The van der Waals surface area contributed by atoms with E-state index >= 15 is 0 Å². The fourth-order valence-electron chi connectivity index (χ4n) is 3.43. The number of alkyl halides is 3. The van der Waals surface area contributed by atoms with E-state index in [1.165, 1.54) is 46.8 Å². The van der Waals surface area contributed by atoms with Crippen LogP contribution < -0.4 is 10.1 Å². The van der Waals surface area contributed by atoms with Gasteiger partial charge in [-0.3, -0.25) is 4.79 Å². The number of rotatable bonds is 6. The van der Waals surface area contributed by atoms with Crippen LogP contribution in [-0.4, -0.2) is 44.5 Å². The van der Waals surface area contributed by atoms with Gasteiger partial charge in [0.05, 0.1) is 22.1 Å². The van der Waals surface area contributed by atoms with Gasteiger partial charge in [0.25, 0.3) is 0 Å². The number of sulfonamides is 1. The van der Waals surface area contributed by atoms with Crippen molar-refractivity contribution < 1.29 is 31.1 Å². The maximum Gasteiger partial charge on any atom is 0.422 e. The predicted molar refractivity (Wildman–Crippen MR) is 114 cm³/mol. The first-order valence-electron chi connectivity index (χ1n) is 10.1. The van der Waals surface area contributed by atoms with Gasteiger partial charge in [-0.25, -0.2) is 8.42 Å². The molecule has 1 aliphatic rings. The van der Waals surface area contributed by atoms with E-state index in [0.717, 1.165) is 0 Å². The molecule has 0 unspecified atom stereocenters. The summed E-state index contributed by atoms with van der Waals surface area (Å²) in [6.45, 7) is -1.31. The number of anilines is 1. The van der Waals surface area contributed by atoms with Crippen LogP contribution in [0.25, 0.3) is 0 Å². The van der Waals surface area contributed by atoms with Crippen molar-refractivity contribution >= 4 is 21.6 Å². The summed E-state index contributed by atoms with van der Waals surface area (Å²) in [7, 11) is -3.76. The molecular weight excluding hydrogens is 473 g/mol. The number of carbonyl (C=O) groups is 1. The second-order valence-electron chi connectivity index (χ2n) is 7.53. The summed E-state index contributed by atoms with van der Waals surface area (Å²) in [5, 5.41) is 20.7. The lowest BCUT2D eigenvalue weighted by Gasteiger charge is -2.30. The van der Waals surface area contributed by atoms with Gasteiger partial charge < -0.3 is 10.1 Å². The zero-order valence-corrected chi connectivity index (χ0v) is 18.5. The summed E-state index contributed by atoms with van der Waals surface area (Å²) in [6.07, 6.45) is -4.03. The van der Waals surface area contributed by atoms with Gasteiger partial charge in [-0.2, -0.15) is 28.0 Å². The molecule has 0 bridgehead atoms. The average molecular weight is 492 g/mol. The lowest BCUT2D eigenvalue weighted by Crippen LogP contribution is -2.41. The summed E-state index contributed by atoms with van der Waals surface area (Å²) in [5.41, 5.74) is 0.396. The standard InChI is InChI=1S/C22H19F3N4O4S/c23-22(24,25)14-33-20-6-3-18(11-17(20)13-27)28-21(30)16-7-9-29(10-8-16)34(31,32)19-4-1-15(12-26)2-5-19/h1-6,11,16H,7-10,14H2,(H,28,30). The van der Waals surface area contributed by atoms with Gasteiger partial charge in [0, 0.05) is 24.7 Å². The van der Waals surface area contributed by atoms with Crippen molar-refractivity contribution in [3.8, 4) is 17.9 Å². The van der Waals surface area contributed by atoms with Crippen LogP contribution in [0.4, 0.5) is 18.9 Å². The molecule has 34 heavy (non-hydrogen) atoms. The molecule has 0 aromatic heterocycles. The van der Waals surface area contributed by atoms with Crippen LogP contribution in [0.15, 0.2) is 47.4 Å². The topological polar surface area (TPSA) is 123 Å². The van der Waals surface area contributed by atoms with E-state index in [-0.39, 0.29) is 53.7 Å². The molecule has 3 rings (SSSR count). The van der Waals surface area contributed by atoms with E-state index in [0.29, 0.717) is 5.56 Å². The molecule has 2 aromatic rings. The molecule has 0 saturated carbocycles. The van der Waals surface area contributed by atoms with Gasteiger partial charge >= 0.3 is 6.18 Å². The Morgan fingerprint density at radius 2 is 1.74 bits per heavy atom. The van der Waals surface area contributed by atoms with Gasteiger partial charge in [0.1, 0.15) is 11.8 Å². The predicted octanol–water partition coefficient (Wildman–Crippen LogP) is 3.41. The monoisotopic (exact) mass is 492 g/mol. The van der Waals surface area contributed by atoms with Crippen molar-refractivity contribution in [1.29, 1.82) is 10.5 Å². The first kappa shape index (κ1) is 25.0. The number of benzene rings is 2. The molecule has 1 amide bonds. The molecule has 1 aliphatic heterocycles. The number of nitriles is 2. The van der Waals surface area contributed by atoms with Gasteiger partial charge in [0.2, 0.25) is 15.9 Å². The zero-order valence-electron chi connectivity index (χ0n) is 17.7. The Hall–Kier alpha value is -3.61. The lowest BCUT2D eigenvalue weighted by atomic mass is 9.97. The van der Waals surface area contributed by atoms with E-state index in [1.807, 2.05) is 6.07 Å². The van der Waals surface area contributed by atoms with E-state index in [2.05, 4.69) is 10.1 Å². The number of hydrogen-bond donors (Lipinski definition) is 1. The van der Waals surface area contributed by atoms with Crippen LogP contribution in [0.5, 0.6) is 5.75 Å². The van der Waals surface area contributed by atoms with E-state index in [4.69, 9.17) is 5.26 Å². The summed E-state index contributed by atoms with van der Waals surface area (Å²) in [4.78, 5) is 12.7. The Kier molecular flexibility index (Phi) is 7.44. The number of carbonyl (C=O) groups excluding carboxylic acids is 1. The molecule has 1 fully saturated rings. The summed E-state index contributed by atoms with van der Waals surface area (Å²) < 4.78 is 68.5. The third kappa shape index (κ3) is 6.04. The second-order valence-corrected chi connectivity index (χ2v) is 9.47. The molecular formula is C22H19F3N4O4S. The molecule has 1 heterocycles. The highest BCUT2D eigenvalue weighted by atomic mass is 32.2. The average Bonchev–Trinajstić information content (AvgIpc) is 2.82. The zero-order chi connectivity index (χ0) is 24.9. The van der Waals surface area contributed by atoms with Gasteiger partial charge in [0.15, 0.2) is 6.61 Å². The molecule has 1 saturated heterocycles. The minimum Gasteiger partial charge on any atom is -0.483 e. The molecule has 0 radical (unpaired) electrons. The highest BCUT2D eigenvalue weighted by Crippen LogP contribution is 2.27. The third-order valence-corrected chi connectivity index (χ3v) is 7.12. The van der Waals surface area contributed by atoms with E-state index in [1.54, 1.807) is 6.07 Å². The molecule has 8 nitrogen and oxygen atoms in total. The molecule has 2 aromatic carbocycles. The van der Waals surface area contributed by atoms with E-state index in [9.17, 15) is 31.6 Å². The normalized spacial score (nSPS) is 15.2. The first-order valence-corrected chi connectivity index (χ1v) is 11.5. The van der Waals surface area contributed by atoms with E-state index < -0.39 is 28.7 Å². The highest BCUT2D eigenvalue weighted by Gasteiger charge is 2.32. The van der Waals surface area contributed by atoms with Crippen molar-refractivity contribution in [2.45, 2.75) is 23.9 Å². The van der Waals surface area contributed by atoms with Crippen molar-refractivity contribution in [2.24, 2.45) is 5.92 Å². The Morgan fingerprint density at radius 1 is 1.09 bits per heavy atom. The Bertz CT molecular complexity index is 1240. The van der Waals surface area contributed by atoms with Gasteiger partial charge in [-0.15, -0.1) is 0 Å². The highest BCUT2D eigenvalue weighted by molar-refractivity contribution is 7.89. The van der Waals surface area contributed by atoms with Crippen LogP contribution in [0.3, 0.4) is 0 Å². The number of amides is 1.